The number of hydrogen-bond acceptors (Lipinski definition) is 4. The predicted molar refractivity (Wildman–Crippen MR) is 56.2 cm³/mol. The van der Waals surface area contributed by atoms with E-state index in [1.165, 1.54) is 12.1 Å². The van der Waals surface area contributed by atoms with Crippen molar-refractivity contribution in [2.24, 2.45) is 0 Å². The summed E-state index contributed by atoms with van der Waals surface area (Å²) in [6.45, 7) is 2.23. The summed E-state index contributed by atoms with van der Waals surface area (Å²) in [7, 11) is 0. The van der Waals surface area contributed by atoms with E-state index in [4.69, 9.17) is 10.1 Å². The van der Waals surface area contributed by atoms with E-state index < -0.39 is 4.92 Å². The van der Waals surface area contributed by atoms with Gasteiger partial charge in [-0.05, 0) is 12.5 Å². The van der Waals surface area contributed by atoms with Crippen LogP contribution in [0.1, 0.15) is 12.5 Å². The molecular weight excluding hydrogens is 196 g/mol. The van der Waals surface area contributed by atoms with E-state index in [9.17, 15) is 10.1 Å². The summed E-state index contributed by atoms with van der Waals surface area (Å²) in [5.41, 5.74) is 0.749. The fourth-order valence-electron chi connectivity index (χ4n) is 1.19. The number of hydrogen-bond donors (Lipinski definition) is 1. The van der Waals surface area contributed by atoms with Crippen LogP contribution < -0.4 is 0 Å². The number of nitro benzene ring substituents is 1. The molecule has 15 heavy (non-hydrogen) atoms. The molecule has 5 heteroatoms. The van der Waals surface area contributed by atoms with Gasteiger partial charge >= 0.3 is 0 Å². The Bertz CT molecular complexity index is 377. The molecule has 0 amide bonds. The van der Waals surface area contributed by atoms with E-state index in [1.54, 1.807) is 19.1 Å². The third-order valence-corrected chi connectivity index (χ3v) is 1.80. The molecule has 1 aromatic carbocycles. The van der Waals surface area contributed by atoms with Crippen molar-refractivity contribution < 1.29 is 9.66 Å². The fraction of sp³-hybridized carbons (Fsp3) is 0.300. The maximum atomic E-state index is 10.5. The molecule has 0 atom stereocenters. The first-order valence-corrected chi connectivity index (χ1v) is 4.57. The highest BCUT2D eigenvalue weighted by molar-refractivity contribution is 5.75. The Hall–Kier alpha value is -1.91. The van der Waals surface area contributed by atoms with Gasteiger partial charge in [-0.25, -0.2) is 0 Å². The number of benzene rings is 1. The molecule has 0 aliphatic carbocycles. The Morgan fingerprint density at radius 3 is 2.93 bits per heavy atom. The van der Waals surface area contributed by atoms with Crippen LogP contribution in [0.25, 0.3) is 0 Å². The zero-order chi connectivity index (χ0) is 11.3. The number of non-ortho nitro benzene ring substituents is 1. The van der Waals surface area contributed by atoms with E-state index in [0.29, 0.717) is 12.2 Å². The summed E-state index contributed by atoms with van der Waals surface area (Å²) in [5.74, 6) is 0.123. The van der Waals surface area contributed by atoms with Crippen molar-refractivity contribution in [3.05, 3.63) is 39.9 Å². The van der Waals surface area contributed by atoms with Gasteiger partial charge in [0.15, 0.2) is 5.90 Å². The summed E-state index contributed by atoms with van der Waals surface area (Å²) in [6.07, 6.45) is 0.287. The minimum absolute atomic E-state index is 0.0387. The molecule has 0 spiro atoms. The summed E-state index contributed by atoms with van der Waals surface area (Å²) in [6, 6.07) is 6.22. The second-order valence-electron chi connectivity index (χ2n) is 2.96. The lowest BCUT2D eigenvalue weighted by Gasteiger charge is -2.04. The fourth-order valence-corrected chi connectivity index (χ4v) is 1.19. The normalized spacial score (nSPS) is 9.67. The van der Waals surface area contributed by atoms with E-state index in [0.717, 1.165) is 0 Å². The molecule has 0 unspecified atom stereocenters. The van der Waals surface area contributed by atoms with Gasteiger partial charge in [-0.1, -0.05) is 12.1 Å². The van der Waals surface area contributed by atoms with Gasteiger partial charge in [0.1, 0.15) is 0 Å². The van der Waals surface area contributed by atoms with Gasteiger partial charge in [0.2, 0.25) is 0 Å². The quantitative estimate of drug-likeness (QED) is 0.356. The van der Waals surface area contributed by atoms with Crippen LogP contribution in [-0.2, 0) is 11.2 Å². The minimum Gasteiger partial charge on any atom is -0.481 e. The van der Waals surface area contributed by atoms with Crippen LogP contribution in [0, 0.1) is 15.5 Å². The molecule has 1 aromatic rings. The topological polar surface area (TPSA) is 76.2 Å². The molecule has 0 aliphatic rings. The molecule has 0 aromatic heterocycles. The molecule has 1 rings (SSSR count). The van der Waals surface area contributed by atoms with Crippen molar-refractivity contribution in [3.63, 3.8) is 0 Å². The van der Waals surface area contributed by atoms with Crippen molar-refractivity contribution >= 4 is 11.6 Å². The van der Waals surface area contributed by atoms with Gasteiger partial charge in [-0.3, -0.25) is 15.5 Å². The first-order chi connectivity index (χ1) is 7.13. The molecule has 0 radical (unpaired) electrons. The highest BCUT2D eigenvalue weighted by atomic mass is 16.6. The Kier molecular flexibility index (Phi) is 3.79. The smallest absolute Gasteiger partial charge is 0.269 e. The SMILES string of the molecule is CCOC(=N)Cc1cccc([N+](=O)[O-])c1. The highest BCUT2D eigenvalue weighted by Gasteiger charge is 2.07. The van der Waals surface area contributed by atoms with Crippen molar-refractivity contribution in [1.29, 1.82) is 5.41 Å². The molecule has 0 saturated heterocycles. The molecule has 5 nitrogen and oxygen atoms in total. The summed E-state index contributed by atoms with van der Waals surface area (Å²) >= 11 is 0. The summed E-state index contributed by atoms with van der Waals surface area (Å²) in [4.78, 5) is 10.0. The Morgan fingerprint density at radius 1 is 1.60 bits per heavy atom. The number of nitrogens with one attached hydrogen (secondary N) is 1. The largest absolute Gasteiger partial charge is 0.481 e. The maximum absolute atomic E-state index is 10.5. The third-order valence-electron chi connectivity index (χ3n) is 1.80. The average Bonchev–Trinajstić information content (AvgIpc) is 2.18. The van der Waals surface area contributed by atoms with Crippen molar-refractivity contribution in [1.82, 2.24) is 0 Å². The van der Waals surface area contributed by atoms with E-state index in [1.807, 2.05) is 0 Å². The molecule has 1 N–H and O–H groups in total. The van der Waals surface area contributed by atoms with Gasteiger partial charge in [0.05, 0.1) is 11.5 Å². The number of ether oxygens (including phenoxy) is 1. The molecule has 0 fully saturated rings. The number of rotatable bonds is 4. The van der Waals surface area contributed by atoms with Crippen LogP contribution in [0.5, 0.6) is 0 Å². The highest BCUT2D eigenvalue weighted by Crippen LogP contribution is 2.13. The second kappa shape index (κ2) is 5.09. The van der Waals surface area contributed by atoms with Crippen molar-refractivity contribution in [2.45, 2.75) is 13.3 Å². The van der Waals surface area contributed by atoms with Crippen molar-refractivity contribution in [2.75, 3.05) is 6.61 Å². The molecular formula is C10H12N2O3. The summed E-state index contributed by atoms with van der Waals surface area (Å²) in [5, 5.41) is 17.9. The minimum atomic E-state index is -0.451. The molecule has 0 aliphatic heterocycles. The molecule has 80 valence electrons. The monoisotopic (exact) mass is 208 g/mol. The molecule has 0 heterocycles. The lowest BCUT2D eigenvalue weighted by atomic mass is 10.1. The third kappa shape index (κ3) is 3.38. The van der Waals surface area contributed by atoms with E-state index in [2.05, 4.69) is 0 Å². The van der Waals surface area contributed by atoms with Gasteiger partial charge < -0.3 is 4.74 Å². The number of nitrogens with zero attached hydrogens (tertiary/aromatic N) is 1. The standard InChI is InChI=1S/C10H12N2O3/c1-2-15-10(11)7-8-4-3-5-9(6-8)12(13)14/h3-6,11H,2,7H2,1H3. The molecule has 0 bridgehead atoms. The Balaban J connectivity index is 2.73. The van der Waals surface area contributed by atoms with E-state index >= 15 is 0 Å². The van der Waals surface area contributed by atoms with Crippen LogP contribution in [-0.4, -0.2) is 17.4 Å². The average molecular weight is 208 g/mol. The van der Waals surface area contributed by atoms with Gasteiger partial charge in [-0.2, -0.15) is 0 Å². The van der Waals surface area contributed by atoms with Crippen LogP contribution in [0.2, 0.25) is 0 Å². The predicted octanol–water partition coefficient (Wildman–Crippen LogP) is 2.15. The molecule has 0 saturated carbocycles. The van der Waals surface area contributed by atoms with Crippen LogP contribution in [0.4, 0.5) is 5.69 Å². The Morgan fingerprint density at radius 2 is 2.33 bits per heavy atom. The van der Waals surface area contributed by atoms with Gasteiger partial charge in [-0.15, -0.1) is 0 Å². The first kappa shape index (κ1) is 11.2. The summed E-state index contributed by atoms with van der Waals surface area (Å²) < 4.78 is 4.96. The van der Waals surface area contributed by atoms with Crippen molar-refractivity contribution in [3.8, 4) is 0 Å². The number of nitro groups is 1. The van der Waals surface area contributed by atoms with Crippen LogP contribution in [0.15, 0.2) is 24.3 Å². The van der Waals surface area contributed by atoms with Gasteiger partial charge in [0.25, 0.3) is 5.69 Å². The first-order valence-electron chi connectivity index (χ1n) is 4.57. The lowest BCUT2D eigenvalue weighted by molar-refractivity contribution is -0.384. The van der Waals surface area contributed by atoms with Gasteiger partial charge in [0, 0.05) is 18.6 Å². The van der Waals surface area contributed by atoms with Crippen LogP contribution in [0.3, 0.4) is 0 Å². The maximum Gasteiger partial charge on any atom is 0.269 e. The lowest BCUT2D eigenvalue weighted by Crippen LogP contribution is -2.06. The van der Waals surface area contributed by atoms with E-state index in [-0.39, 0.29) is 18.0 Å². The zero-order valence-corrected chi connectivity index (χ0v) is 8.40. The zero-order valence-electron chi connectivity index (χ0n) is 8.40. The van der Waals surface area contributed by atoms with Crippen LogP contribution >= 0.6 is 0 Å². The Labute approximate surface area is 87.3 Å². The second-order valence-corrected chi connectivity index (χ2v) is 2.96.